The summed E-state index contributed by atoms with van der Waals surface area (Å²) in [6.45, 7) is 1.83. The van der Waals surface area contributed by atoms with Gasteiger partial charge in [-0.1, -0.05) is 0 Å². The van der Waals surface area contributed by atoms with Crippen molar-refractivity contribution >= 4 is 5.97 Å². The third kappa shape index (κ3) is 3.10. The summed E-state index contributed by atoms with van der Waals surface area (Å²) in [5, 5.41) is 0. The van der Waals surface area contributed by atoms with E-state index in [-0.39, 0.29) is 0 Å². The van der Waals surface area contributed by atoms with Gasteiger partial charge in [-0.25, -0.2) is 4.79 Å². The number of esters is 1. The molecule has 5 nitrogen and oxygen atoms in total. The number of hydrogen-bond donors (Lipinski definition) is 0. The van der Waals surface area contributed by atoms with E-state index in [0.717, 1.165) is 5.56 Å². The van der Waals surface area contributed by atoms with Crippen molar-refractivity contribution in [2.45, 2.75) is 6.92 Å². The van der Waals surface area contributed by atoms with Gasteiger partial charge in [-0.2, -0.15) is 0 Å². The fraction of sp³-hybridized carbons (Fsp3) is 0.357. The van der Waals surface area contributed by atoms with Crippen molar-refractivity contribution in [3.05, 3.63) is 17.2 Å². The largest absolute Gasteiger partial charge is 0.496 e. The van der Waals surface area contributed by atoms with E-state index in [2.05, 4.69) is 16.6 Å². The molecule has 1 rings (SSSR count). The highest BCUT2D eigenvalue weighted by Gasteiger charge is 2.16. The van der Waals surface area contributed by atoms with Crippen LogP contribution < -0.4 is 14.2 Å². The standard InChI is InChI=1S/C14H16O5/c1-9-11(16-2)8-12(17-3)10(14(9)19-5)6-7-13(15)18-4/h8H,1-5H3. The molecule has 0 saturated carbocycles. The molecule has 0 aliphatic carbocycles. The lowest BCUT2D eigenvalue weighted by Crippen LogP contribution is -2.00. The highest BCUT2D eigenvalue weighted by atomic mass is 16.5. The predicted octanol–water partition coefficient (Wildman–Crippen LogP) is 1.55. The average Bonchev–Trinajstić information content (AvgIpc) is 2.44. The van der Waals surface area contributed by atoms with Crippen molar-refractivity contribution in [2.75, 3.05) is 28.4 Å². The molecule has 0 aliphatic heterocycles. The third-order valence-corrected chi connectivity index (χ3v) is 2.56. The number of hydrogen-bond acceptors (Lipinski definition) is 5. The van der Waals surface area contributed by atoms with Crippen LogP contribution in [-0.2, 0) is 9.53 Å². The maximum absolute atomic E-state index is 11.1. The van der Waals surface area contributed by atoms with Gasteiger partial charge in [0.2, 0.25) is 0 Å². The molecule has 0 aliphatic rings. The summed E-state index contributed by atoms with van der Waals surface area (Å²) in [5.41, 5.74) is 1.26. The van der Waals surface area contributed by atoms with Crippen LogP contribution >= 0.6 is 0 Å². The molecule has 0 atom stereocenters. The van der Waals surface area contributed by atoms with E-state index in [0.29, 0.717) is 22.8 Å². The number of carbonyl (C=O) groups excluding carboxylic acids is 1. The predicted molar refractivity (Wildman–Crippen MR) is 69.7 cm³/mol. The lowest BCUT2D eigenvalue weighted by molar-refractivity contribution is -0.133. The Hall–Kier alpha value is -2.35. The minimum absolute atomic E-state index is 0.468. The molecule has 0 fully saturated rings. The van der Waals surface area contributed by atoms with Crippen LogP contribution in [0.3, 0.4) is 0 Å². The third-order valence-electron chi connectivity index (χ3n) is 2.56. The summed E-state index contributed by atoms with van der Waals surface area (Å²) >= 11 is 0. The van der Waals surface area contributed by atoms with Gasteiger partial charge in [0.15, 0.2) is 0 Å². The highest BCUT2D eigenvalue weighted by Crippen LogP contribution is 2.37. The van der Waals surface area contributed by atoms with E-state index in [1.807, 2.05) is 6.92 Å². The number of benzene rings is 1. The summed E-state index contributed by atoms with van der Waals surface area (Å²) in [6, 6.07) is 1.69. The first-order chi connectivity index (χ1) is 9.08. The number of carbonyl (C=O) groups is 1. The second-order valence-electron chi connectivity index (χ2n) is 3.56. The van der Waals surface area contributed by atoms with E-state index < -0.39 is 5.97 Å². The summed E-state index contributed by atoms with van der Waals surface area (Å²) in [4.78, 5) is 11.1. The number of ether oxygens (including phenoxy) is 4. The Morgan fingerprint density at radius 3 is 2.16 bits per heavy atom. The van der Waals surface area contributed by atoms with Crippen molar-refractivity contribution in [2.24, 2.45) is 0 Å². The van der Waals surface area contributed by atoms with E-state index in [1.165, 1.54) is 21.3 Å². The van der Waals surface area contributed by atoms with Crippen LogP contribution in [0, 0.1) is 18.8 Å². The smallest absolute Gasteiger partial charge is 0.384 e. The van der Waals surface area contributed by atoms with Gasteiger partial charge in [-0.3, -0.25) is 0 Å². The zero-order valence-electron chi connectivity index (χ0n) is 11.6. The molecular formula is C14H16O5. The molecule has 1 aromatic carbocycles. The molecule has 5 heteroatoms. The van der Waals surface area contributed by atoms with Gasteiger partial charge < -0.3 is 18.9 Å². The van der Waals surface area contributed by atoms with E-state index in [1.54, 1.807) is 13.2 Å². The van der Waals surface area contributed by atoms with E-state index in [9.17, 15) is 4.79 Å². The summed E-state index contributed by atoms with van der Waals surface area (Å²) in [5.74, 6) is 6.02. The second kappa shape index (κ2) is 6.55. The Kier molecular flexibility index (Phi) is 5.07. The lowest BCUT2D eigenvalue weighted by atomic mass is 10.1. The van der Waals surface area contributed by atoms with Crippen LogP contribution in [-0.4, -0.2) is 34.4 Å². The van der Waals surface area contributed by atoms with Crippen molar-refractivity contribution < 1.29 is 23.7 Å². The summed E-state index contributed by atoms with van der Waals surface area (Å²) in [6.07, 6.45) is 0. The maximum Gasteiger partial charge on any atom is 0.384 e. The molecule has 0 saturated heterocycles. The SMILES string of the molecule is COC(=O)C#Cc1c(OC)cc(OC)c(C)c1OC. The molecule has 0 aromatic heterocycles. The quantitative estimate of drug-likeness (QED) is 0.612. The van der Waals surface area contributed by atoms with Gasteiger partial charge in [-0.05, 0) is 12.8 Å². The zero-order chi connectivity index (χ0) is 14.4. The van der Waals surface area contributed by atoms with E-state index >= 15 is 0 Å². The van der Waals surface area contributed by atoms with Crippen LogP contribution in [0.2, 0.25) is 0 Å². The molecule has 0 N–H and O–H groups in total. The summed E-state index contributed by atoms with van der Waals surface area (Å²) < 4.78 is 20.3. The molecule has 102 valence electrons. The van der Waals surface area contributed by atoms with Gasteiger partial charge in [0.25, 0.3) is 0 Å². The average molecular weight is 264 g/mol. The molecule has 0 heterocycles. The fourth-order valence-electron chi connectivity index (χ4n) is 1.62. The van der Waals surface area contributed by atoms with Crippen molar-refractivity contribution in [1.82, 2.24) is 0 Å². The van der Waals surface area contributed by atoms with Crippen LogP contribution in [0.5, 0.6) is 17.2 Å². The first kappa shape index (κ1) is 14.7. The maximum atomic E-state index is 11.1. The van der Waals surface area contributed by atoms with Crippen LogP contribution in [0.15, 0.2) is 6.07 Å². The highest BCUT2D eigenvalue weighted by molar-refractivity contribution is 5.89. The lowest BCUT2D eigenvalue weighted by Gasteiger charge is -2.14. The molecule has 0 spiro atoms. The van der Waals surface area contributed by atoms with Crippen LogP contribution in [0.1, 0.15) is 11.1 Å². The van der Waals surface area contributed by atoms with Crippen LogP contribution in [0.25, 0.3) is 0 Å². The Morgan fingerprint density at radius 1 is 1.05 bits per heavy atom. The van der Waals surface area contributed by atoms with Crippen molar-refractivity contribution in [3.63, 3.8) is 0 Å². The summed E-state index contributed by atoms with van der Waals surface area (Å²) in [7, 11) is 5.85. The van der Waals surface area contributed by atoms with Crippen molar-refractivity contribution in [1.29, 1.82) is 0 Å². The molecule has 0 amide bonds. The van der Waals surface area contributed by atoms with Gasteiger partial charge in [0.1, 0.15) is 22.8 Å². The molecule has 0 radical (unpaired) electrons. The molecular weight excluding hydrogens is 248 g/mol. The number of methoxy groups -OCH3 is 4. The Morgan fingerprint density at radius 2 is 1.68 bits per heavy atom. The Labute approximate surface area is 112 Å². The van der Waals surface area contributed by atoms with Gasteiger partial charge in [0, 0.05) is 17.6 Å². The molecule has 19 heavy (non-hydrogen) atoms. The van der Waals surface area contributed by atoms with Gasteiger partial charge >= 0.3 is 5.97 Å². The molecule has 0 bridgehead atoms. The normalized spacial score (nSPS) is 9.11. The minimum atomic E-state index is -0.627. The number of rotatable bonds is 3. The topological polar surface area (TPSA) is 54.0 Å². The van der Waals surface area contributed by atoms with Gasteiger partial charge in [0.05, 0.1) is 28.4 Å². The zero-order valence-corrected chi connectivity index (χ0v) is 11.6. The van der Waals surface area contributed by atoms with Gasteiger partial charge in [-0.15, -0.1) is 0 Å². The first-order valence-corrected chi connectivity index (χ1v) is 5.48. The Bertz CT molecular complexity index is 537. The first-order valence-electron chi connectivity index (χ1n) is 5.48. The monoisotopic (exact) mass is 264 g/mol. The molecule has 1 aromatic rings. The minimum Gasteiger partial charge on any atom is -0.496 e. The van der Waals surface area contributed by atoms with E-state index in [4.69, 9.17) is 14.2 Å². The van der Waals surface area contributed by atoms with Crippen LogP contribution in [0.4, 0.5) is 0 Å². The molecule has 0 unspecified atom stereocenters. The van der Waals surface area contributed by atoms with Crippen molar-refractivity contribution in [3.8, 4) is 29.1 Å². The second-order valence-corrected chi connectivity index (χ2v) is 3.56. The Balaban J connectivity index is 3.46. The fourth-order valence-corrected chi connectivity index (χ4v) is 1.62.